The molecule has 5 heterocycles. The highest BCUT2D eigenvalue weighted by Crippen LogP contribution is 2.28. The minimum Gasteiger partial charge on any atom is -0.476 e. The van der Waals surface area contributed by atoms with Crippen LogP contribution in [-0.4, -0.2) is 36.3 Å². The van der Waals surface area contributed by atoms with Gasteiger partial charge in [-0.05, 0) is 35.2 Å². The predicted octanol–water partition coefficient (Wildman–Crippen LogP) is 3.28. The van der Waals surface area contributed by atoms with Crippen molar-refractivity contribution in [3.63, 3.8) is 0 Å². The fourth-order valence-electron chi connectivity index (χ4n) is 3.30. The summed E-state index contributed by atoms with van der Waals surface area (Å²) in [6, 6.07) is 6.92. The third kappa shape index (κ3) is 3.39. The molecule has 0 aromatic carbocycles. The van der Waals surface area contributed by atoms with Gasteiger partial charge in [0.15, 0.2) is 22.1 Å². The number of nitrogens with one attached hydrogen (secondary N) is 1. The summed E-state index contributed by atoms with van der Waals surface area (Å²) in [6.45, 7) is 0.241. The van der Waals surface area contributed by atoms with E-state index < -0.39 is 5.97 Å². The fraction of sp³-hybridized carbons (Fsp3) is 0.0500. The Morgan fingerprint density at radius 2 is 2.13 bits per heavy atom. The number of nitrogen functional groups attached to an aromatic ring is 1. The van der Waals surface area contributed by atoms with Crippen molar-refractivity contribution < 1.29 is 14.7 Å². The van der Waals surface area contributed by atoms with Crippen LogP contribution in [0.1, 0.15) is 26.4 Å². The largest absolute Gasteiger partial charge is 0.476 e. The Labute approximate surface area is 182 Å². The number of thiazole rings is 1. The molecule has 0 aliphatic heterocycles. The third-order valence-electron chi connectivity index (χ3n) is 4.67. The van der Waals surface area contributed by atoms with E-state index in [1.807, 2.05) is 16.8 Å². The van der Waals surface area contributed by atoms with E-state index in [9.17, 15) is 14.7 Å². The van der Waals surface area contributed by atoms with Crippen LogP contribution in [0.2, 0.25) is 0 Å². The molecular weight excluding hydrogens is 436 g/mol. The molecule has 0 atom stereocenters. The highest BCUT2D eigenvalue weighted by atomic mass is 32.1. The van der Waals surface area contributed by atoms with Gasteiger partial charge in [0.25, 0.3) is 5.91 Å². The van der Waals surface area contributed by atoms with Crippen LogP contribution in [0.15, 0.2) is 47.4 Å². The molecule has 9 nitrogen and oxygen atoms in total. The highest BCUT2D eigenvalue weighted by Gasteiger charge is 2.23. The maximum Gasteiger partial charge on any atom is 0.355 e. The summed E-state index contributed by atoms with van der Waals surface area (Å²) >= 11 is 2.77. The molecule has 5 aromatic rings. The maximum absolute atomic E-state index is 12.9. The van der Waals surface area contributed by atoms with Crippen molar-refractivity contribution in [1.29, 1.82) is 0 Å². The lowest BCUT2D eigenvalue weighted by atomic mass is 10.2. The number of hydrogen-bond donors (Lipinski definition) is 3. The van der Waals surface area contributed by atoms with Crippen LogP contribution in [0.4, 0.5) is 5.13 Å². The van der Waals surface area contributed by atoms with Crippen LogP contribution in [0.5, 0.6) is 0 Å². The SMILES string of the molecule is Nc1nc2ncc(CNC(=O)c3cccn4c(C(=O)O)c(-c5ccsc5)nc34)cc2s1. The van der Waals surface area contributed by atoms with E-state index in [0.717, 1.165) is 10.3 Å². The first-order valence-electron chi connectivity index (χ1n) is 9.07. The Hall–Kier alpha value is -3.83. The number of aromatic nitrogens is 4. The number of carbonyl (C=O) groups is 2. The average molecular weight is 451 g/mol. The molecule has 0 fully saturated rings. The van der Waals surface area contributed by atoms with Crippen molar-refractivity contribution in [3.05, 3.63) is 64.2 Å². The zero-order valence-electron chi connectivity index (χ0n) is 15.8. The number of nitrogens with zero attached hydrogens (tertiary/aromatic N) is 4. The molecule has 154 valence electrons. The number of carbonyl (C=O) groups excluding carboxylic acids is 1. The molecule has 0 radical (unpaired) electrons. The first-order valence-corrected chi connectivity index (χ1v) is 10.8. The maximum atomic E-state index is 12.9. The van der Waals surface area contributed by atoms with E-state index in [1.165, 1.54) is 27.1 Å². The van der Waals surface area contributed by atoms with Crippen molar-refractivity contribution in [2.45, 2.75) is 6.54 Å². The van der Waals surface area contributed by atoms with Crippen molar-refractivity contribution >= 4 is 55.7 Å². The molecule has 0 saturated carbocycles. The van der Waals surface area contributed by atoms with E-state index in [-0.39, 0.29) is 29.4 Å². The monoisotopic (exact) mass is 450 g/mol. The summed E-state index contributed by atoms with van der Waals surface area (Å²) < 4.78 is 2.27. The van der Waals surface area contributed by atoms with Crippen LogP contribution in [0, 0.1) is 0 Å². The van der Waals surface area contributed by atoms with E-state index in [2.05, 4.69) is 20.3 Å². The van der Waals surface area contributed by atoms with Crippen molar-refractivity contribution in [2.24, 2.45) is 0 Å². The van der Waals surface area contributed by atoms with Gasteiger partial charge in [-0.3, -0.25) is 9.20 Å². The number of rotatable bonds is 5. The predicted molar refractivity (Wildman–Crippen MR) is 118 cm³/mol. The first-order chi connectivity index (χ1) is 15.0. The number of fused-ring (bicyclic) bond motifs is 2. The molecular formula is C20H14N6O3S2. The van der Waals surface area contributed by atoms with Crippen LogP contribution < -0.4 is 11.1 Å². The Morgan fingerprint density at radius 3 is 2.90 bits per heavy atom. The Morgan fingerprint density at radius 1 is 1.26 bits per heavy atom. The van der Waals surface area contributed by atoms with Gasteiger partial charge in [-0.1, -0.05) is 11.3 Å². The summed E-state index contributed by atoms with van der Waals surface area (Å²) in [5, 5.41) is 16.7. The average Bonchev–Trinajstić information content (AvgIpc) is 3.47. The van der Waals surface area contributed by atoms with Gasteiger partial charge in [0, 0.05) is 29.9 Å². The van der Waals surface area contributed by atoms with Gasteiger partial charge >= 0.3 is 5.97 Å². The van der Waals surface area contributed by atoms with Gasteiger partial charge in [0.05, 0.1) is 10.3 Å². The number of aromatic carboxylic acids is 1. The van der Waals surface area contributed by atoms with Crippen LogP contribution >= 0.6 is 22.7 Å². The van der Waals surface area contributed by atoms with Gasteiger partial charge < -0.3 is 16.2 Å². The van der Waals surface area contributed by atoms with Gasteiger partial charge in [0.1, 0.15) is 5.69 Å². The first kappa shape index (κ1) is 19.2. The molecule has 0 unspecified atom stereocenters. The molecule has 5 aromatic heterocycles. The minimum absolute atomic E-state index is 0.0143. The standard InChI is InChI=1S/C20H14N6O3S2/c21-20-25-16-13(31-20)6-10(7-22-16)8-23-18(27)12-2-1-4-26-15(19(28)29)14(24-17(12)26)11-3-5-30-9-11/h1-7,9H,8H2,(H,23,27)(H,28,29)(H2,21,22,25). The van der Waals surface area contributed by atoms with Crippen molar-refractivity contribution in [1.82, 2.24) is 24.7 Å². The molecule has 0 bridgehead atoms. The number of carboxylic acid groups (broad SMARTS) is 1. The van der Waals surface area contributed by atoms with E-state index in [1.54, 1.807) is 30.6 Å². The van der Waals surface area contributed by atoms with E-state index in [4.69, 9.17) is 5.73 Å². The van der Waals surface area contributed by atoms with Crippen molar-refractivity contribution in [3.8, 4) is 11.3 Å². The number of anilines is 1. The number of nitrogens with two attached hydrogens (primary N) is 1. The zero-order valence-corrected chi connectivity index (χ0v) is 17.4. The minimum atomic E-state index is -1.12. The molecule has 0 spiro atoms. The van der Waals surface area contributed by atoms with Crippen LogP contribution in [0.25, 0.3) is 27.3 Å². The lowest BCUT2D eigenvalue weighted by molar-refractivity contribution is 0.0689. The molecule has 1 amide bonds. The molecule has 11 heteroatoms. The lowest BCUT2D eigenvalue weighted by Gasteiger charge is -2.07. The van der Waals surface area contributed by atoms with Gasteiger partial charge in [-0.15, -0.1) is 0 Å². The zero-order chi connectivity index (χ0) is 21.5. The number of pyridine rings is 2. The fourth-order valence-corrected chi connectivity index (χ4v) is 4.70. The van der Waals surface area contributed by atoms with E-state index in [0.29, 0.717) is 22.0 Å². The summed E-state index contributed by atoms with van der Waals surface area (Å²) in [6.07, 6.45) is 3.22. The number of thiophene rings is 1. The Balaban J connectivity index is 1.48. The summed E-state index contributed by atoms with van der Waals surface area (Å²) in [5.74, 6) is -1.48. The molecule has 0 aliphatic carbocycles. The second kappa shape index (κ2) is 7.45. The third-order valence-corrected chi connectivity index (χ3v) is 6.17. The Bertz CT molecular complexity index is 1450. The quantitative estimate of drug-likeness (QED) is 0.374. The summed E-state index contributed by atoms with van der Waals surface area (Å²) in [4.78, 5) is 37.7. The lowest BCUT2D eigenvalue weighted by Crippen LogP contribution is -2.23. The smallest absolute Gasteiger partial charge is 0.355 e. The van der Waals surface area contributed by atoms with Gasteiger partial charge in [-0.25, -0.2) is 19.7 Å². The summed E-state index contributed by atoms with van der Waals surface area (Å²) in [7, 11) is 0. The second-order valence-electron chi connectivity index (χ2n) is 6.64. The normalized spacial score (nSPS) is 11.2. The Kier molecular flexibility index (Phi) is 4.60. The number of imidazole rings is 1. The molecule has 4 N–H and O–H groups in total. The molecule has 31 heavy (non-hydrogen) atoms. The van der Waals surface area contributed by atoms with Crippen LogP contribution in [0.3, 0.4) is 0 Å². The van der Waals surface area contributed by atoms with Gasteiger partial charge in [-0.2, -0.15) is 11.3 Å². The molecule has 5 rings (SSSR count). The molecule has 0 aliphatic rings. The number of carboxylic acids is 1. The number of hydrogen-bond acceptors (Lipinski definition) is 8. The topological polar surface area (TPSA) is 136 Å². The van der Waals surface area contributed by atoms with E-state index >= 15 is 0 Å². The van der Waals surface area contributed by atoms with Crippen LogP contribution in [-0.2, 0) is 6.54 Å². The second-order valence-corrected chi connectivity index (χ2v) is 8.48. The highest BCUT2D eigenvalue weighted by molar-refractivity contribution is 7.22. The summed E-state index contributed by atoms with van der Waals surface area (Å²) in [5.41, 5.74) is 8.67. The number of amides is 1. The van der Waals surface area contributed by atoms with Crippen molar-refractivity contribution in [2.75, 3.05) is 5.73 Å². The van der Waals surface area contributed by atoms with Gasteiger partial charge in [0.2, 0.25) is 0 Å². The molecule has 0 saturated heterocycles.